The van der Waals surface area contributed by atoms with Crippen LogP contribution in [0.25, 0.3) is 0 Å². The molecule has 2 heterocycles. The first kappa shape index (κ1) is 13.8. The van der Waals surface area contributed by atoms with Crippen molar-refractivity contribution in [1.29, 1.82) is 0 Å². The molecule has 0 fully saturated rings. The zero-order valence-corrected chi connectivity index (χ0v) is 11.7. The molecule has 2 rings (SSSR count). The first-order chi connectivity index (χ1) is 9.19. The van der Waals surface area contributed by atoms with Crippen LogP contribution in [0.2, 0.25) is 5.02 Å². The number of hydrogen-bond donors (Lipinski definition) is 1. The van der Waals surface area contributed by atoms with Crippen molar-refractivity contribution in [2.75, 3.05) is 6.54 Å². The Hall–Kier alpha value is -1.65. The minimum atomic E-state index is 0.552. The lowest BCUT2D eigenvalue weighted by molar-refractivity contribution is 0.469. The summed E-state index contributed by atoms with van der Waals surface area (Å²) in [4.78, 5) is 8.30. The Kier molecular flexibility index (Phi) is 4.71. The molecule has 0 saturated heterocycles. The number of rotatable bonds is 5. The Labute approximate surface area is 117 Å². The highest BCUT2D eigenvalue weighted by Crippen LogP contribution is 2.26. The largest absolute Gasteiger partial charge is 0.455 e. The molecule has 0 atom stereocenters. The summed E-state index contributed by atoms with van der Waals surface area (Å²) in [5.74, 6) is 1.40. The highest BCUT2D eigenvalue weighted by Gasteiger charge is 2.07. The fraction of sp³-hybridized carbons (Fsp3) is 0.286. The second-order valence-electron chi connectivity index (χ2n) is 4.15. The van der Waals surface area contributed by atoms with Gasteiger partial charge in [-0.1, -0.05) is 18.5 Å². The van der Waals surface area contributed by atoms with Crippen LogP contribution in [-0.4, -0.2) is 16.5 Å². The number of nitrogens with one attached hydrogen (secondary N) is 1. The summed E-state index contributed by atoms with van der Waals surface area (Å²) < 4.78 is 5.84. The second kappa shape index (κ2) is 6.50. The van der Waals surface area contributed by atoms with Crippen molar-refractivity contribution < 1.29 is 4.74 Å². The molecule has 0 radical (unpaired) electrons. The fourth-order valence-corrected chi connectivity index (χ4v) is 1.79. The van der Waals surface area contributed by atoms with Gasteiger partial charge in [0.1, 0.15) is 11.5 Å². The van der Waals surface area contributed by atoms with Crippen LogP contribution in [-0.2, 0) is 6.54 Å². The SMILES string of the molecule is CCNCc1cnc(C)cc1Oc1cncc(Cl)c1. The van der Waals surface area contributed by atoms with E-state index in [-0.39, 0.29) is 0 Å². The molecule has 100 valence electrons. The molecule has 0 unspecified atom stereocenters. The number of pyridine rings is 2. The molecule has 0 aromatic carbocycles. The quantitative estimate of drug-likeness (QED) is 0.910. The molecular weight excluding hydrogens is 262 g/mol. The third-order valence-corrected chi connectivity index (χ3v) is 2.76. The standard InChI is InChI=1S/C14H16ClN3O/c1-3-16-6-11-7-18-10(2)4-14(11)19-13-5-12(15)8-17-9-13/h4-5,7-9,16H,3,6H2,1-2H3. The van der Waals surface area contributed by atoms with Gasteiger partial charge in [0.25, 0.3) is 0 Å². The van der Waals surface area contributed by atoms with Crippen LogP contribution in [0.3, 0.4) is 0 Å². The Morgan fingerprint density at radius 1 is 1.26 bits per heavy atom. The average molecular weight is 278 g/mol. The summed E-state index contributed by atoms with van der Waals surface area (Å²) in [6.45, 7) is 5.60. The van der Waals surface area contributed by atoms with E-state index in [2.05, 4.69) is 22.2 Å². The number of aryl methyl sites for hydroxylation is 1. The van der Waals surface area contributed by atoms with Crippen molar-refractivity contribution in [2.24, 2.45) is 0 Å². The zero-order valence-electron chi connectivity index (χ0n) is 11.0. The summed E-state index contributed by atoms with van der Waals surface area (Å²) in [6.07, 6.45) is 5.04. The molecule has 2 aromatic heterocycles. The molecule has 4 nitrogen and oxygen atoms in total. The lowest BCUT2D eigenvalue weighted by Crippen LogP contribution is -2.12. The normalized spacial score (nSPS) is 10.5. The van der Waals surface area contributed by atoms with Crippen molar-refractivity contribution >= 4 is 11.6 Å². The molecule has 5 heteroatoms. The van der Waals surface area contributed by atoms with Crippen molar-refractivity contribution in [3.8, 4) is 11.5 Å². The van der Waals surface area contributed by atoms with Gasteiger partial charge in [-0.3, -0.25) is 9.97 Å². The van der Waals surface area contributed by atoms with Crippen LogP contribution in [0.1, 0.15) is 18.2 Å². The molecule has 0 saturated carbocycles. The van der Waals surface area contributed by atoms with E-state index in [1.165, 1.54) is 0 Å². The van der Waals surface area contributed by atoms with Gasteiger partial charge in [0.05, 0.1) is 11.2 Å². The van der Waals surface area contributed by atoms with Gasteiger partial charge in [-0.2, -0.15) is 0 Å². The van der Waals surface area contributed by atoms with Gasteiger partial charge in [0.2, 0.25) is 0 Å². The predicted octanol–water partition coefficient (Wildman–Crippen LogP) is 3.34. The molecule has 19 heavy (non-hydrogen) atoms. The number of ether oxygens (including phenoxy) is 1. The van der Waals surface area contributed by atoms with E-state index in [0.717, 1.165) is 23.6 Å². The van der Waals surface area contributed by atoms with Gasteiger partial charge in [-0.15, -0.1) is 0 Å². The highest BCUT2D eigenvalue weighted by atomic mass is 35.5. The predicted molar refractivity (Wildman–Crippen MR) is 75.7 cm³/mol. The first-order valence-corrected chi connectivity index (χ1v) is 6.51. The monoisotopic (exact) mass is 277 g/mol. The van der Waals surface area contributed by atoms with Crippen LogP contribution in [0.5, 0.6) is 11.5 Å². The lowest BCUT2D eigenvalue weighted by Gasteiger charge is -2.11. The van der Waals surface area contributed by atoms with E-state index >= 15 is 0 Å². The van der Waals surface area contributed by atoms with Gasteiger partial charge in [-0.25, -0.2) is 0 Å². The van der Waals surface area contributed by atoms with E-state index in [4.69, 9.17) is 16.3 Å². The van der Waals surface area contributed by atoms with Crippen molar-refractivity contribution in [1.82, 2.24) is 15.3 Å². The third kappa shape index (κ3) is 3.91. The molecule has 0 aliphatic rings. The third-order valence-electron chi connectivity index (χ3n) is 2.55. The maximum atomic E-state index is 5.90. The van der Waals surface area contributed by atoms with Gasteiger partial charge in [0, 0.05) is 42.3 Å². The van der Waals surface area contributed by atoms with Crippen LogP contribution in [0.15, 0.2) is 30.7 Å². The van der Waals surface area contributed by atoms with Crippen LogP contribution in [0, 0.1) is 6.92 Å². The Morgan fingerprint density at radius 3 is 2.84 bits per heavy atom. The topological polar surface area (TPSA) is 47.0 Å². The van der Waals surface area contributed by atoms with Crippen LogP contribution >= 0.6 is 11.6 Å². The molecule has 0 aliphatic carbocycles. The van der Waals surface area contributed by atoms with Gasteiger partial charge < -0.3 is 10.1 Å². The van der Waals surface area contributed by atoms with Crippen molar-refractivity contribution in [3.63, 3.8) is 0 Å². The highest BCUT2D eigenvalue weighted by molar-refractivity contribution is 6.30. The maximum absolute atomic E-state index is 5.90. The number of hydrogen-bond acceptors (Lipinski definition) is 4. The summed E-state index contributed by atoms with van der Waals surface area (Å²) in [5.41, 5.74) is 1.91. The summed E-state index contributed by atoms with van der Waals surface area (Å²) >= 11 is 5.90. The Bertz CT molecular complexity index is 560. The van der Waals surface area contributed by atoms with Gasteiger partial charge in [-0.05, 0) is 13.5 Å². The molecule has 0 spiro atoms. The van der Waals surface area contributed by atoms with Gasteiger partial charge in [0.15, 0.2) is 0 Å². The minimum absolute atomic E-state index is 0.552. The maximum Gasteiger partial charge on any atom is 0.147 e. The van der Waals surface area contributed by atoms with Gasteiger partial charge >= 0.3 is 0 Å². The molecule has 0 aliphatic heterocycles. The van der Waals surface area contributed by atoms with Crippen LogP contribution < -0.4 is 10.1 Å². The van der Waals surface area contributed by atoms with E-state index in [0.29, 0.717) is 17.3 Å². The first-order valence-electron chi connectivity index (χ1n) is 6.13. The van der Waals surface area contributed by atoms with E-state index < -0.39 is 0 Å². The summed E-state index contributed by atoms with van der Waals surface area (Å²) in [5, 5.41) is 3.81. The fourth-order valence-electron chi connectivity index (χ4n) is 1.63. The minimum Gasteiger partial charge on any atom is -0.455 e. The zero-order chi connectivity index (χ0) is 13.7. The Morgan fingerprint density at radius 2 is 2.11 bits per heavy atom. The lowest BCUT2D eigenvalue weighted by atomic mass is 10.2. The molecular formula is C14H16ClN3O. The summed E-state index contributed by atoms with van der Waals surface area (Å²) in [6, 6.07) is 3.65. The molecule has 0 amide bonds. The van der Waals surface area contributed by atoms with E-state index in [1.54, 1.807) is 18.5 Å². The number of aromatic nitrogens is 2. The Balaban J connectivity index is 2.24. The number of nitrogens with zero attached hydrogens (tertiary/aromatic N) is 2. The summed E-state index contributed by atoms with van der Waals surface area (Å²) in [7, 11) is 0. The van der Waals surface area contributed by atoms with Crippen molar-refractivity contribution in [2.45, 2.75) is 20.4 Å². The second-order valence-corrected chi connectivity index (χ2v) is 4.59. The van der Waals surface area contributed by atoms with E-state index in [9.17, 15) is 0 Å². The van der Waals surface area contributed by atoms with Crippen molar-refractivity contribution in [3.05, 3.63) is 47.0 Å². The average Bonchev–Trinajstić information content (AvgIpc) is 2.38. The molecule has 2 aromatic rings. The van der Waals surface area contributed by atoms with E-state index in [1.807, 2.05) is 19.2 Å². The number of halogens is 1. The molecule has 0 bridgehead atoms. The van der Waals surface area contributed by atoms with Crippen LogP contribution in [0.4, 0.5) is 0 Å². The molecule has 1 N–H and O–H groups in total. The smallest absolute Gasteiger partial charge is 0.147 e.